The molecule has 0 unspecified atom stereocenters. The van der Waals surface area contributed by atoms with Gasteiger partial charge in [-0.3, -0.25) is 9.48 Å². The SMILES string of the molecule is Cc1nn(C)c(C)c1C(=O)N(C)CC1(O)CCOCC1. The summed E-state index contributed by atoms with van der Waals surface area (Å²) in [6, 6.07) is 0. The number of rotatable bonds is 3. The molecule has 1 aliphatic heterocycles. The topological polar surface area (TPSA) is 67.6 Å². The highest BCUT2D eigenvalue weighted by molar-refractivity contribution is 5.96. The fourth-order valence-corrected chi connectivity index (χ4v) is 2.70. The monoisotopic (exact) mass is 281 g/mol. The van der Waals surface area contributed by atoms with Gasteiger partial charge in [0.1, 0.15) is 0 Å². The molecule has 20 heavy (non-hydrogen) atoms. The predicted octanol–water partition coefficient (Wildman–Crippen LogP) is 0.650. The maximum Gasteiger partial charge on any atom is 0.257 e. The second kappa shape index (κ2) is 5.54. The second-order valence-corrected chi connectivity index (χ2v) is 5.67. The van der Waals surface area contributed by atoms with Gasteiger partial charge in [-0.2, -0.15) is 5.10 Å². The van der Waals surface area contributed by atoms with E-state index in [2.05, 4.69) is 5.10 Å². The number of hydrogen-bond donors (Lipinski definition) is 1. The standard InChI is InChI=1S/C14H23N3O3/c1-10-12(11(2)17(4)15-10)13(18)16(3)9-14(19)5-7-20-8-6-14/h19H,5-9H2,1-4H3. The van der Waals surface area contributed by atoms with Gasteiger partial charge in [-0.1, -0.05) is 0 Å². The Hall–Kier alpha value is -1.40. The Labute approximate surface area is 119 Å². The molecule has 2 rings (SSSR count). The van der Waals surface area contributed by atoms with Crippen molar-refractivity contribution in [3.8, 4) is 0 Å². The first kappa shape index (κ1) is 15.0. The zero-order valence-electron chi connectivity index (χ0n) is 12.6. The molecule has 1 aliphatic rings. The lowest BCUT2D eigenvalue weighted by Gasteiger charge is -2.35. The number of ether oxygens (including phenoxy) is 1. The molecule has 0 aromatic carbocycles. The number of nitrogens with zero attached hydrogens (tertiary/aromatic N) is 3. The Morgan fingerprint density at radius 3 is 2.55 bits per heavy atom. The Morgan fingerprint density at radius 1 is 1.45 bits per heavy atom. The summed E-state index contributed by atoms with van der Waals surface area (Å²) in [6.45, 7) is 5.12. The van der Waals surface area contributed by atoms with E-state index in [9.17, 15) is 9.90 Å². The number of aliphatic hydroxyl groups is 1. The molecule has 0 radical (unpaired) electrons. The van der Waals surface area contributed by atoms with Gasteiger partial charge in [-0.05, 0) is 13.8 Å². The number of amides is 1. The van der Waals surface area contributed by atoms with Gasteiger partial charge in [-0.25, -0.2) is 0 Å². The maximum absolute atomic E-state index is 12.5. The molecule has 0 aliphatic carbocycles. The molecule has 0 saturated carbocycles. The van der Waals surface area contributed by atoms with Crippen LogP contribution in [0.5, 0.6) is 0 Å². The summed E-state index contributed by atoms with van der Waals surface area (Å²) >= 11 is 0. The van der Waals surface area contributed by atoms with Gasteiger partial charge in [0.05, 0.1) is 16.9 Å². The molecule has 1 aromatic heterocycles. The third-order valence-electron chi connectivity index (χ3n) is 4.02. The summed E-state index contributed by atoms with van der Waals surface area (Å²) in [5, 5.41) is 14.8. The third kappa shape index (κ3) is 2.86. The minimum absolute atomic E-state index is 0.0898. The highest BCUT2D eigenvalue weighted by Crippen LogP contribution is 2.23. The van der Waals surface area contributed by atoms with Crippen LogP contribution in [0.15, 0.2) is 0 Å². The van der Waals surface area contributed by atoms with Crippen LogP contribution >= 0.6 is 0 Å². The quantitative estimate of drug-likeness (QED) is 0.883. The average molecular weight is 281 g/mol. The molecule has 1 aromatic rings. The lowest BCUT2D eigenvalue weighted by atomic mass is 9.93. The first-order chi connectivity index (χ1) is 9.34. The molecule has 1 saturated heterocycles. The van der Waals surface area contributed by atoms with Crippen molar-refractivity contribution in [1.29, 1.82) is 0 Å². The number of aromatic nitrogens is 2. The van der Waals surface area contributed by atoms with Crippen molar-refractivity contribution in [1.82, 2.24) is 14.7 Å². The number of hydrogen-bond acceptors (Lipinski definition) is 4. The van der Waals surface area contributed by atoms with Gasteiger partial charge >= 0.3 is 0 Å². The highest BCUT2D eigenvalue weighted by atomic mass is 16.5. The summed E-state index contributed by atoms with van der Waals surface area (Å²) in [5.74, 6) is -0.0898. The van der Waals surface area contributed by atoms with Crippen LogP contribution in [0.2, 0.25) is 0 Å². The molecule has 1 amide bonds. The number of likely N-dealkylation sites (N-methyl/N-ethyl adjacent to an activating group) is 1. The normalized spacial score (nSPS) is 18.1. The van der Waals surface area contributed by atoms with Crippen LogP contribution in [0.1, 0.15) is 34.6 Å². The van der Waals surface area contributed by atoms with E-state index in [-0.39, 0.29) is 5.91 Å². The summed E-state index contributed by atoms with van der Waals surface area (Å²) in [4.78, 5) is 14.1. The number of carbonyl (C=O) groups excluding carboxylic acids is 1. The molecule has 6 nitrogen and oxygen atoms in total. The summed E-state index contributed by atoms with van der Waals surface area (Å²) in [5.41, 5.74) is 1.36. The lowest BCUT2D eigenvalue weighted by Crippen LogP contribution is -2.47. The minimum Gasteiger partial charge on any atom is -0.388 e. The van der Waals surface area contributed by atoms with E-state index in [0.717, 1.165) is 11.4 Å². The molecule has 1 fully saturated rings. The first-order valence-corrected chi connectivity index (χ1v) is 6.90. The van der Waals surface area contributed by atoms with E-state index in [0.29, 0.717) is 38.2 Å². The van der Waals surface area contributed by atoms with Crippen molar-refractivity contribution < 1.29 is 14.6 Å². The average Bonchev–Trinajstić information content (AvgIpc) is 2.63. The van der Waals surface area contributed by atoms with Gasteiger partial charge in [0, 0.05) is 52.4 Å². The van der Waals surface area contributed by atoms with Gasteiger partial charge in [0.15, 0.2) is 0 Å². The third-order valence-corrected chi connectivity index (χ3v) is 4.02. The molecular weight excluding hydrogens is 258 g/mol. The molecule has 6 heteroatoms. The smallest absolute Gasteiger partial charge is 0.257 e. The molecule has 0 bridgehead atoms. The molecule has 1 N–H and O–H groups in total. The van der Waals surface area contributed by atoms with E-state index < -0.39 is 5.60 Å². The van der Waals surface area contributed by atoms with Crippen LogP contribution in [-0.4, -0.2) is 58.1 Å². The van der Waals surface area contributed by atoms with Crippen LogP contribution in [-0.2, 0) is 11.8 Å². The summed E-state index contributed by atoms with van der Waals surface area (Å²) in [7, 11) is 3.55. The predicted molar refractivity (Wildman–Crippen MR) is 74.6 cm³/mol. The minimum atomic E-state index is -0.841. The van der Waals surface area contributed by atoms with Crippen molar-refractivity contribution in [2.24, 2.45) is 7.05 Å². The van der Waals surface area contributed by atoms with E-state index in [1.54, 1.807) is 16.6 Å². The number of carbonyl (C=O) groups is 1. The van der Waals surface area contributed by atoms with Crippen molar-refractivity contribution >= 4 is 5.91 Å². The Morgan fingerprint density at radius 2 is 2.05 bits per heavy atom. The Bertz CT molecular complexity index is 504. The van der Waals surface area contributed by atoms with Crippen LogP contribution in [0.25, 0.3) is 0 Å². The number of aryl methyl sites for hydroxylation is 2. The van der Waals surface area contributed by atoms with Crippen LogP contribution in [0.4, 0.5) is 0 Å². The molecule has 0 spiro atoms. The maximum atomic E-state index is 12.5. The molecule has 112 valence electrons. The van der Waals surface area contributed by atoms with Gasteiger partial charge in [-0.15, -0.1) is 0 Å². The summed E-state index contributed by atoms with van der Waals surface area (Å²) in [6.07, 6.45) is 1.13. The Balaban J connectivity index is 2.12. The largest absolute Gasteiger partial charge is 0.388 e. The van der Waals surface area contributed by atoms with Crippen molar-refractivity contribution in [2.75, 3.05) is 26.8 Å². The van der Waals surface area contributed by atoms with Crippen molar-refractivity contribution in [3.05, 3.63) is 17.0 Å². The van der Waals surface area contributed by atoms with Crippen LogP contribution in [0, 0.1) is 13.8 Å². The fourth-order valence-electron chi connectivity index (χ4n) is 2.70. The summed E-state index contributed by atoms with van der Waals surface area (Å²) < 4.78 is 6.96. The molecular formula is C14H23N3O3. The molecule has 0 atom stereocenters. The van der Waals surface area contributed by atoms with Crippen LogP contribution < -0.4 is 0 Å². The first-order valence-electron chi connectivity index (χ1n) is 6.90. The lowest BCUT2D eigenvalue weighted by molar-refractivity contribution is -0.0734. The van der Waals surface area contributed by atoms with Crippen LogP contribution in [0.3, 0.4) is 0 Å². The van der Waals surface area contributed by atoms with E-state index in [1.165, 1.54) is 0 Å². The zero-order chi connectivity index (χ0) is 14.9. The Kier molecular flexibility index (Phi) is 4.15. The van der Waals surface area contributed by atoms with Crippen molar-refractivity contribution in [2.45, 2.75) is 32.3 Å². The van der Waals surface area contributed by atoms with E-state index in [4.69, 9.17) is 4.74 Å². The van der Waals surface area contributed by atoms with Gasteiger partial charge in [0.25, 0.3) is 5.91 Å². The highest BCUT2D eigenvalue weighted by Gasteiger charge is 2.33. The second-order valence-electron chi connectivity index (χ2n) is 5.67. The van der Waals surface area contributed by atoms with E-state index >= 15 is 0 Å². The van der Waals surface area contributed by atoms with Gasteiger partial charge in [0.2, 0.25) is 0 Å². The van der Waals surface area contributed by atoms with Crippen molar-refractivity contribution in [3.63, 3.8) is 0 Å². The van der Waals surface area contributed by atoms with E-state index in [1.807, 2.05) is 20.9 Å². The van der Waals surface area contributed by atoms with Gasteiger partial charge < -0.3 is 14.7 Å². The zero-order valence-corrected chi connectivity index (χ0v) is 12.6. The fraction of sp³-hybridized carbons (Fsp3) is 0.714. The molecule has 2 heterocycles.